The Morgan fingerprint density at radius 1 is 1.08 bits per heavy atom. The first-order valence-corrected chi connectivity index (χ1v) is 11.1. The van der Waals surface area contributed by atoms with Crippen LogP contribution >= 0.6 is 0 Å². The van der Waals surface area contributed by atoms with Crippen LogP contribution in [0.2, 0.25) is 0 Å². The predicted molar refractivity (Wildman–Crippen MR) is 100 cm³/mol. The van der Waals surface area contributed by atoms with Gasteiger partial charge in [-0.3, -0.25) is 0 Å². The van der Waals surface area contributed by atoms with Crippen molar-refractivity contribution in [3.05, 3.63) is 0 Å². The molecule has 0 aliphatic heterocycles. The van der Waals surface area contributed by atoms with Gasteiger partial charge in [0.2, 0.25) is 0 Å². The van der Waals surface area contributed by atoms with Crippen LogP contribution < -0.4 is 0 Å². The Balaban J connectivity index is 1.49. The van der Waals surface area contributed by atoms with Crippen LogP contribution in [0.25, 0.3) is 0 Å². The fourth-order valence-electron chi connectivity index (χ4n) is 9.68. The van der Waals surface area contributed by atoms with Crippen molar-refractivity contribution < 1.29 is 9.84 Å². The van der Waals surface area contributed by atoms with Crippen molar-refractivity contribution in [3.8, 4) is 0 Å². The summed E-state index contributed by atoms with van der Waals surface area (Å²) in [7, 11) is 1.99. The minimum Gasteiger partial charge on any atom is -0.396 e. The highest BCUT2D eigenvalue weighted by atomic mass is 16.5. The summed E-state index contributed by atoms with van der Waals surface area (Å²) in [5, 5.41) is 9.80. The van der Waals surface area contributed by atoms with Gasteiger partial charge in [-0.2, -0.15) is 0 Å². The monoisotopic (exact) mass is 346 g/mol. The Kier molecular flexibility index (Phi) is 3.58. The molecule has 0 aromatic carbocycles. The van der Waals surface area contributed by atoms with Gasteiger partial charge >= 0.3 is 0 Å². The standard InChI is InChI=1S/C23H38O2/c1-14(13-24)17-5-6-18-16-11-20(25-4)23-12-15(23)7-10-22(23,3)19(16)8-9-21(17,18)2/h14-20,24H,5-13H2,1-4H3/t14-,15-,16+,17-,18+,19+,20-,21-,22-,23+/m1/s1. The quantitative estimate of drug-likeness (QED) is 0.787. The van der Waals surface area contributed by atoms with E-state index >= 15 is 0 Å². The Labute approximate surface area is 154 Å². The molecule has 0 amide bonds. The van der Waals surface area contributed by atoms with E-state index < -0.39 is 0 Å². The third kappa shape index (κ3) is 1.85. The lowest BCUT2D eigenvalue weighted by Gasteiger charge is -2.61. The minimum atomic E-state index is 0.365. The molecule has 25 heavy (non-hydrogen) atoms. The first-order chi connectivity index (χ1) is 11.9. The average Bonchev–Trinajstić information content (AvgIpc) is 3.12. The molecule has 0 aromatic rings. The summed E-state index contributed by atoms with van der Waals surface area (Å²) in [4.78, 5) is 0. The van der Waals surface area contributed by atoms with Crippen molar-refractivity contribution in [1.29, 1.82) is 0 Å². The van der Waals surface area contributed by atoms with Crippen LogP contribution in [0.3, 0.4) is 0 Å². The van der Waals surface area contributed by atoms with Gasteiger partial charge in [-0.05, 0) is 97.7 Å². The summed E-state index contributed by atoms with van der Waals surface area (Å²) in [6.07, 6.45) is 11.8. The van der Waals surface area contributed by atoms with Gasteiger partial charge < -0.3 is 9.84 Å². The molecule has 0 saturated heterocycles. The lowest BCUT2D eigenvalue weighted by Crippen LogP contribution is -2.57. The number of hydrogen-bond donors (Lipinski definition) is 1. The van der Waals surface area contributed by atoms with E-state index in [1.165, 1.54) is 51.4 Å². The zero-order valence-electron chi connectivity index (χ0n) is 16.8. The van der Waals surface area contributed by atoms with Crippen LogP contribution in [0.5, 0.6) is 0 Å². The van der Waals surface area contributed by atoms with E-state index in [2.05, 4.69) is 20.8 Å². The number of fused-ring (bicyclic) bond motifs is 4. The third-order valence-electron chi connectivity index (χ3n) is 10.9. The number of hydrogen-bond acceptors (Lipinski definition) is 2. The molecule has 5 fully saturated rings. The molecule has 2 heteroatoms. The predicted octanol–water partition coefficient (Wildman–Crippen LogP) is 4.90. The number of methoxy groups -OCH3 is 1. The average molecular weight is 347 g/mol. The van der Waals surface area contributed by atoms with Gasteiger partial charge in [0.25, 0.3) is 0 Å². The normalized spacial score (nSPS) is 60.4. The van der Waals surface area contributed by atoms with Gasteiger partial charge in [-0.15, -0.1) is 0 Å². The largest absolute Gasteiger partial charge is 0.396 e. The molecule has 5 saturated carbocycles. The van der Waals surface area contributed by atoms with Crippen LogP contribution in [0.1, 0.15) is 72.1 Å². The second-order valence-electron chi connectivity index (χ2n) is 11.1. The molecule has 0 heterocycles. The van der Waals surface area contributed by atoms with E-state index in [0.717, 1.165) is 29.6 Å². The van der Waals surface area contributed by atoms with Gasteiger partial charge in [0.15, 0.2) is 0 Å². The molecule has 0 unspecified atom stereocenters. The highest BCUT2D eigenvalue weighted by Gasteiger charge is 2.77. The maximum atomic E-state index is 9.80. The smallest absolute Gasteiger partial charge is 0.0638 e. The molecule has 5 aliphatic rings. The van der Waals surface area contributed by atoms with Crippen molar-refractivity contribution in [2.24, 2.45) is 51.8 Å². The van der Waals surface area contributed by atoms with Gasteiger partial charge in [0, 0.05) is 19.1 Å². The van der Waals surface area contributed by atoms with Gasteiger partial charge in [0.05, 0.1) is 6.10 Å². The summed E-state index contributed by atoms with van der Waals surface area (Å²) < 4.78 is 6.20. The van der Waals surface area contributed by atoms with Crippen LogP contribution in [0, 0.1) is 51.8 Å². The van der Waals surface area contributed by atoms with Crippen LogP contribution in [-0.2, 0) is 4.74 Å². The molecule has 5 aliphatic carbocycles. The topological polar surface area (TPSA) is 29.5 Å². The fraction of sp³-hybridized carbons (Fsp3) is 1.00. The zero-order valence-corrected chi connectivity index (χ0v) is 16.8. The Hall–Kier alpha value is -0.0800. The first-order valence-electron chi connectivity index (χ1n) is 11.1. The van der Waals surface area contributed by atoms with Crippen molar-refractivity contribution in [2.45, 2.75) is 78.2 Å². The summed E-state index contributed by atoms with van der Waals surface area (Å²) >= 11 is 0. The molecule has 142 valence electrons. The lowest BCUT2D eigenvalue weighted by molar-refractivity contribution is -0.161. The van der Waals surface area contributed by atoms with E-state index in [9.17, 15) is 5.11 Å². The zero-order chi connectivity index (χ0) is 17.6. The second-order valence-corrected chi connectivity index (χ2v) is 11.1. The van der Waals surface area contributed by atoms with Gasteiger partial charge in [-0.25, -0.2) is 0 Å². The van der Waals surface area contributed by atoms with Crippen molar-refractivity contribution in [3.63, 3.8) is 0 Å². The van der Waals surface area contributed by atoms with E-state index in [-0.39, 0.29) is 0 Å². The third-order valence-corrected chi connectivity index (χ3v) is 10.9. The Morgan fingerprint density at radius 2 is 1.88 bits per heavy atom. The Morgan fingerprint density at radius 3 is 2.56 bits per heavy atom. The lowest BCUT2D eigenvalue weighted by atomic mass is 9.45. The van der Waals surface area contributed by atoms with E-state index in [4.69, 9.17) is 4.74 Å². The highest BCUT2D eigenvalue weighted by molar-refractivity contribution is 5.26. The highest BCUT2D eigenvalue weighted by Crippen LogP contribution is 2.82. The molecule has 5 rings (SSSR count). The van der Waals surface area contributed by atoms with Crippen LogP contribution in [-0.4, -0.2) is 24.9 Å². The second kappa shape index (κ2) is 5.25. The molecular formula is C23H38O2. The van der Waals surface area contributed by atoms with Gasteiger partial charge in [-0.1, -0.05) is 20.8 Å². The maximum absolute atomic E-state index is 9.80. The molecular weight excluding hydrogens is 308 g/mol. The number of rotatable bonds is 3. The number of ether oxygens (including phenoxy) is 1. The maximum Gasteiger partial charge on any atom is 0.0638 e. The van der Waals surface area contributed by atoms with Crippen LogP contribution in [0.4, 0.5) is 0 Å². The summed E-state index contributed by atoms with van der Waals surface area (Å²) in [5.74, 6) is 4.85. The molecule has 2 nitrogen and oxygen atoms in total. The summed E-state index contributed by atoms with van der Waals surface area (Å²) in [6.45, 7) is 7.89. The molecule has 1 N–H and O–H groups in total. The van der Waals surface area contributed by atoms with Crippen LogP contribution in [0.15, 0.2) is 0 Å². The van der Waals surface area contributed by atoms with Crippen molar-refractivity contribution in [2.75, 3.05) is 13.7 Å². The Bertz CT molecular complexity index is 560. The first kappa shape index (κ1) is 17.0. The van der Waals surface area contributed by atoms with E-state index in [0.29, 0.717) is 34.9 Å². The molecule has 10 atom stereocenters. The molecule has 1 spiro atoms. The van der Waals surface area contributed by atoms with E-state index in [1.807, 2.05) is 7.11 Å². The summed E-state index contributed by atoms with van der Waals surface area (Å²) in [5.41, 5.74) is 1.56. The van der Waals surface area contributed by atoms with E-state index in [1.54, 1.807) is 0 Å². The fourth-order valence-corrected chi connectivity index (χ4v) is 9.68. The summed E-state index contributed by atoms with van der Waals surface area (Å²) in [6, 6.07) is 0. The van der Waals surface area contributed by atoms with Crippen molar-refractivity contribution in [1.82, 2.24) is 0 Å². The van der Waals surface area contributed by atoms with Crippen molar-refractivity contribution >= 4 is 0 Å². The number of aliphatic hydroxyl groups excluding tert-OH is 1. The molecule has 0 aromatic heterocycles. The van der Waals surface area contributed by atoms with Gasteiger partial charge in [0.1, 0.15) is 0 Å². The number of aliphatic hydroxyl groups is 1. The minimum absolute atomic E-state index is 0.365. The molecule has 0 bridgehead atoms. The molecule has 0 radical (unpaired) electrons. The SMILES string of the molecule is CO[C@@H]1C[C@H]2[C@@H]3CC[C@H]([C@H](C)CO)[C@@]3(C)CC[C@@H]2[C@@]2(C)CC[C@@H]3C[C@]312.